The second-order valence-corrected chi connectivity index (χ2v) is 5.88. The minimum Gasteiger partial charge on any atom is -0.349 e. The molecule has 3 N–H and O–H groups in total. The number of aromatic nitrogens is 2. The van der Waals surface area contributed by atoms with Gasteiger partial charge in [0.1, 0.15) is 0 Å². The molecule has 0 saturated heterocycles. The molecule has 24 heavy (non-hydrogen) atoms. The number of aromatic amines is 1. The van der Waals surface area contributed by atoms with Gasteiger partial charge in [-0.3, -0.25) is 14.4 Å². The minimum atomic E-state index is -0.233. The van der Waals surface area contributed by atoms with E-state index in [2.05, 4.69) is 20.8 Å². The van der Waals surface area contributed by atoms with Crippen LogP contribution in [0.1, 0.15) is 35.0 Å². The summed E-state index contributed by atoms with van der Waals surface area (Å²) in [4.78, 5) is 34.9. The van der Waals surface area contributed by atoms with Crippen LogP contribution >= 0.6 is 0 Å². The highest BCUT2D eigenvalue weighted by Crippen LogP contribution is 2.18. The number of hydrogen-bond acceptors (Lipinski definition) is 4. The number of benzene rings is 1. The smallest absolute Gasteiger partial charge is 0.264 e. The first-order valence-corrected chi connectivity index (χ1v) is 7.77. The maximum absolute atomic E-state index is 12.4. The van der Waals surface area contributed by atoms with Gasteiger partial charge < -0.3 is 10.6 Å². The average molecular weight is 326 g/mol. The zero-order valence-corrected chi connectivity index (χ0v) is 13.3. The van der Waals surface area contributed by atoms with Crippen LogP contribution in [0.2, 0.25) is 0 Å². The van der Waals surface area contributed by atoms with Crippen molar-refractivity contribution in [3.8, 4) is 0 Å². The molecule has 0 bridgehead atoms. The van der Waals surface area contributed by atoms with Gasteiger partial charge in [0.2, 0.25) is 5.91 Å². The quantitative estimate of drug-likeness (QED) is 0.783. The van der Waals surface area contributed by atoms with Crippen LogP contribution in [0.5, 0.6) is 0 Å². The van der Waals surface area contributed by atoms with Gasteiger partial charge in [0.05, 0.1) is 5.69 Å². The van der Waals surface area contributed by atoms with Crippen molar-refractivity contribution in [2.45, 2.75) is 32.2 Å². The van der Waals surface area contributed by atoms with Gasteiger partial charge >= 0.3 is 0 Å². The number of hydrogen-bond donors (Lipinski definition) is 3. The second kappa shape index (κ2) is 6.66. The Morgan fingerprint density at radius 1 is 1.29 bits per heavy atom. The summed E-state index contributed by atoms with van der Waals surface area (Å²) >= 11 is 0. The molecule has 1 aliphatic carbocycles. The Morgan fingerprint density at radius 3 is 2.92 bits per heavy atom. The van der Waals surface area contributed by atoms with Crippen molar-refractivity contribution in [3.63, 3.8) is 0 Å². The van der Waals surface area contributed by atoms with Crippen LogP contribution in [0.3, 0.4) is 0 Å². The van der Waals surface area contributed by atoms with Gasteiger partial charge in [-0.05, 0) is 43.0 Å². The topological polar surface area (TPSA) is 104 Å². The van der Waals surface area contributed by atoms with Crippen molar-refractivity contribution < 1.29 is 9.59 Å². The Kier molecular flexibility index (Phi) is 4.41. The summed E-state index contributed by atoms with van der Waals surface area (Å²) in [7, 11) is 0. The van der Waals surface area contributed by atoms with Crippen LogP contribution in [-0.4, -0.2) is 28.1 Å². The Morgan fingerprint density at radius 2 is 2.12 bits per heavy atom. The van der Waals surface area contributed by atoms with Gasteiger partial charge in [-0.25, -0.2) is 5.10 Å². The molecular weight excluding hydrogens is 308 g/mol. The summed E-state index contributed by atoms with van der Waals surface area (Å²) in [5.41, 5.74) is 2.59. The minimum absolute atomic E-state index is 0.0435. The molecular formula is C17H18N4O3. The normalized spacial score (nSPS) is 16.1. The molecule has 2 amide bonds. The lowest BCUT2D eigenvalue weighted by Crippen LogP contribution is -2.39. The fourth-order valence-electron chi connectivity index (χ4n) is 2.87. The maximum Gasteiger partial charge on any atom is 0.264 e. The van der Waals surface area contributed by atoms with Crippen molar-refractivity contribution >= 4 is 17.5 Å². The van der Waals surface area contributed by atoms with E-state index in [-0.39, 0.29) is 23.4 Å². The first kappa shape index (κ1) is 15.9. The fourth-order valence-corrected chi connectivity index (χ4v) is 2.87. The number of fused-ring (bicyclic) bond motifs is 1. The van der Waals surface area contributed by atoms with Gasteiger partial charge in [-0.2, -0.15) is 5.10 Å². The van der Waals surface area contributed by atoms with E-state index in [1.165, 1.54) is 13.0 Å². The average Bonchev–Trinajstić information content (AvgIpc) is 2.54. The molecule has 2 aromatic rings. The predicted molar refractivity (Wildman–Crippen MR) is 88.9 cm³/mol. The summed E-state index contributed by atoms with van der Waals surface area (Å²) in [6, 6.07) is 8.28. The number of aryl methyl sites for hydroxylation is 1. The van der Waals surface area contributed by atoms with Crippen LogP contribution in [0, 0.1) is 0 Å². The molecule has 1 aromatic heterocycles. The summed E-state index contributed by atoms with van der Waals surface area (Å²) < 4.78 is 0. The molecule has 0 fully saturated rings. The Labute approximate surface area is 138 Å². The van der Waals surface area contributed by atoms with E-state index < -0.39 is 0 Å². The number of amides is 2. The van der Waals surface area contributed by atoms with E-state index in [9.17, 15) is 14.4 Å². The highest BCUT2D eigenvalue weighted by atomic mass is 16.2. The number of carbonyl (C=O) groups excluding carboxylic acids is 2. The molecule has 0 radical (unpaired) electrons. The molecule has 1 aromatic carbocycles. The predicted octanol–water partition coefficient (Wildman–Crippen LogP) is 1.02. The molecule has 0 aliphatic heterocycles. The summed E-state index contributed by atoms with van der Waals surface area (Å²) in [5.74, 6) is -0.386. The lowest BCUT2D eigenvalue weighted by molar-refractivity contribution is -0.114. The molecule has 124 valence electrons. The highest BCUT2D eigenvalue weighted by molar-refractivity contribution is 5.96. The van der Waals surface area contributed by atoms with E-state index in [1.807, 2.05) is 0 Å². The first-order chi connectivity index (χ1) is 11.5. The van der Waals surface area contributed by atoms with Gasteiger partial charge in [-0.1, -0.05) is 6.07 Å². The number of carbonyl (C=O) groups is 2. The van der Waals surface area contributed by atoms with Crippen LogP contribution in [0.4, 0.5) is 5.69 Å². The molecule has 1 unspecified atom stereocenters. The standard InChI is InChI=1S/C17H18N4O3/c1-10(22)18-13-4-2-3-11(7-13)17(24)19-14-5-6-15-12(8-14)9-16(23)21-20-15/h2-4,7,9,14H,5-6,8H2,1H3,(H,18,22)(H,19,24)(H,21,23). The Balaban J connectivity index is 1.69. The van der Waals surface area contributed by atoms with Gasteiger partial charge in [0.15, 0.2) is 0 Å². The highest BCUT2D eigenvalue weighted by Gasteiger charge is 2.22. The lowest BCUT2D eigenvalue weighted by Gasteiger charge is -2.24. The monoisotopic (exact) mass is 326 g/mol. The van der Waals surface area contributed by atoms with Crippen molar-refractivity contribution in [1.29, 1.82) is 0 Å². The van der Waals surface area contributed by atoms with Gasteiger partial charge in [0, 0.05) is 30.3 Å². The molecule has 1 aliphatic rings. The first-order valence-electron chi connectivity index (χ1n) is 7.77. The van der Waals surface area contributed by atoms with E-state index in [1.54, 1.807) is 24.3 Å². The Bertz CT molecular complexity index is 844. The number of H-pyrrole nitrogens is 1. The van der Waals surface area contributed by atoms with Gasteiger partial charge in [-0.15, -0.1) is 0 Å². The fraction of sp³-hybridized carbons (Fsp3) is 0.294. The second-order valence-electron chi connectivity index (χ2n) is 5.88. The molecule has 7 nitrogen and oxygen atoms in total. The summed E-state index contributed by atoms with van der Waals surface area (Å²) in [5, 5.41) is 12.1. The number of rotatable bonds is 3. The third-order valence-electron chi connectivity index (χ3n) is 3.95. The summed E-state index contributed by atoms with van der Waals surface area (Å²) in [6.07, 6.45) is 2.07. The van der Waals surface area contributed by atoms with Crippen LogP contribution in [0.15, 0.2) is 35.1 Å². The molecule has 1 atom stereocenters. The zero-order valence-electron chi connectivity index (χ0n) is 13.3. The van der Waals surface area contributed by atoms with E-state index in [4.69, 9.17) is 0 Å². The lowest BCUT2D eigenvalue weighted by atomic mass is 9.92. The van der Waals surface area contributed by atoms with E-state index in [0.29, 0.717) is 24.1 Å². The van der Waals surface area contributed by atoms with Crippen molar-refractivity contribution in [2.24, 2.45) is 0 Å². The number of nitrogens with one attached hydrogen (secondary N) is 3. The number of anilines is 1. The zero-order chi connectivity index (χ0) is 17.1. The molecule has 7 heteroatoms. The SMILES string of the molecule is CC(=O)Nc1cccc(C(=O)NC2CCc3n[nH]c(=O)cc3C2)c1. The van der Waals surface area contributed by atoms with Gasteiger partial charge in [0.25, 0.3) is 11.5 Å². The largest absolute Gasteiger partial charge is 0.349 e. The van der Waals surface area contributed by atoms with Crippen LogP contribution in [0.25, 0.3) is 0 Å². The van der Waals surface area contributed by atoms with Crippen molar-refractivity contribution in [2.75, 3.05) is 5.32 Å². The maximum atomic E-state index is 12.4. The van der Waals surface area contributed by atoms with E-state index >= 15 is 0 Å². The van der Waals surface area contributed by atoms with E-state index in [0.717, 1.165) is 17.7 Å². The molecule has 3 rings (SSSR count). The van der Waals surface area contributed by atoms with Crippen molar-refractivity contribution in [1.82, 2.24) is 15.5 Å². The van der Waals surface area contributed by atoms with Crippen molar-refractivity contribution in [3.05, 3.63) is 57.5 Å². The molecule has 1 heterocycles. The number of nitrogens with zero attached hydrogens (tertiary/aromatic N) is 1. The third-order valence-corrected chi connectivity index (χ3v) is 3.95. The third kappa shape index (κ3) is 3.68. The van der Waals surface area contributed by atoms with Crippen LogP contribution < -0.4 is 16.2 Å². The molecule has 0 saturated carbocycles. The summed E-state index contributed by atoms with van der Waals surface area (Å²) in [6.45, 7) is 1.42. The van der Waals surface area contributed by atoms with Crippen LogP contribution in [-0.2, 0) is 17.6 Å². The molecule has 0 spiro atoms. The Hall–Kier alpha value is -2.96.